The number of nitrogens with zero attached hydrogens (tertiary/aromatic N) is 3. The average Bonchev–Trinajstić information content (AvgIpc) is 3.25. The molecular formula is C20H37N3O. The van der Waals surface area contributed by atoms with Crippen LogP contribution in [-0.4, -0.2) is 72.0 Å². The molecule has 0 unspecified atom stereocenters. The summed E-state index contributed by atoms with van der Waals surface area (Å²) in [5.74, 6) is 1.15. The van der Waals surface area contributed by atoms with Crippen LogP contribution < -0.4 is 0 Å². The minimum Gasteiger partial charge on any atom is -0.337 e. The molecule has 0 radical (unpaired) electrons. The molecular weight excluding hydrogens is 298 g/mol. The van der Waals surface area contributed by atoms with Crippen LogP contribution in [0.25, 0.3) is 0 Å². The van der Waals surface area contributed by atoms with E-state index in [1.807, 2.05) is 0 Å². The topological polar surface area (TPSA) is 26.8 Å². The summed E-state index contributed by atoms with van der Waals surface area (Å²) in [6, 6.07) is 1.12. The Kier molecular flexibility index (Phi) is 5.55. The first-order chi connectivity index (χ1) is 11.4. The number of amides is 1. The first-order valence-electron chi connectivity index (χ1n) is 10.1. The van der Waals surface area contributed by atoms with Gasteiger partial charge in [0.2, 0.25) is 5.91 Å². The van der Waals surface area contributed by atoms with Crippen molar-refractivity contribution in [1.29, 1.82) is 0 Å². The highest BCUT2D eigenvalue weighted by Gasteiger charge is 2.45. The molecule has 138 valence electrons. The number of likely N-dealkylation sites (tertiary alicyclic amines) is 1. The highest BCUT2D eigenvalue weighted by molar-refractivity contribution is 5.79. The van der Waals surface area contributed by atoms with Gasteiger partial charge in [-0.1, -0.05) is 13.8 Å². The van der Waals surface area contributed by atoms with E-state index in [1.165, 1.54) is 19.3 Å². The van der Waals surface area contributed by atoms with E-state index in [1.54, 1.807) is 0 Å². The molecule has 1 saturated carbocycles. The summed E-state index contributed by atoms with van der Waals surface area (Å²) >= 11 is 0. The molecule has 4 heteroatoms. The third-order valence-corrected chi connectivity index (χ3v) is 6.36. The van der Waals surface area contributed by atoms with Gasteiger partial charge in [-0.3, -0.25) is 9.69 Å². The van der Waals surface area contributed by atoms with E-state index in [-0.39, 0.29) is 0 Å². The van der Waals surface area contributed by atoms with Crippen LogP contribution in [0.1, 0.15) is 59.8 Å². The third-order valence-electron chi connectivity index (χ3n) is 6.36. The Bertz CT molecular complexity index is 436. The summed E-state index contributed by atoms with van der Waals surface area (Å²) < 4.78 is 0. The van der Waals surface area contributed by atoms with Gasteiger partial charge < -0.3 is 9.80 Å². The third kappa shape index (κ3) is 4.32. The van der Waals surface area contributed by atoms with Crippen molar-refractivity contribution in [2.24, 2.45) is 11.3 Å². The molecule has 2 saturated heterocycles. The van der Waals surface area contributed by atoms with Gasteiger partial charge in [0.25, 0.3) is 0 Å². The van der Waals surface area contributed by atoms with Crippen molar-refractivity contribution in [2.75, 3.05) is 39.3 Å². The van der Waals surface area contributed by atoms with Crippen LogP contribution in [0, 0.1) is 11.3 Å². The van der Waals surface area contributed by atoms with Crippen LogP contribution in [-0.2, 0) is 4.79 Å². The van der Waals surface area contributed by atoms with E-state index >= 15 is 0 Å². The van der Waals surface area contributed by atoms with Crippen molar-refractivity contribution in [3.05, 3.63) is 0 Å². The van der Waals surface area contributed by atoms with Crippen molar-refractivity contribution in [3.63, 3.8) is 0 Å². The van der Waals surface area contributed by atoms with E-state index in [4.69, 9.17) is 0 Å². The maximum atomic E-state index is 12.7. The molecule has 3 fully saturated rings. The Morgan fingerprint density at radius 1 is 1.04 bits per heavy atom. The number of hydrogen-bond acceptors (Lipinski definition) is 3. The lowest BCUT2D eigenvalue weighted by molar-refractivity contribution is -0.140. The first-order valence-corrected chi connectivity index (χ1v) is 10.1. The average molecular weight is 336 g/mol. The molecule has 0 aromatic rings. The highest BCUT2D eigenvalue weighted by atomic mass is 16.2. The predicted molar refractivity (Wildman–Crippen MR) is 99.0 cm³/mol. The molecule has 3 aliphatic rings. The van der Waals surface area contributed by atoms with E-state index in [0.717, 1.165) is 51.5 Å². The molecule has 24 heavy (non-hydrogen) atoms. The lowest BCUT2D eigenvalue weighted by Gasteiger charge is -2.44. The van der Waals surface area contributed by atoms with Gasteiger partial charge in [0.15, 0.2) is 0 Å². The Labute approximate surface area is 148 Å². The number of hydrogen-bond donors (Lipinski definition) is 0. The molecule has 1 aliphatic carbocycles. The van der Waals surface area contributed by atoms with Crippen LogP contribution in [0.3, 0.4) is 0 Å². The molecule has 0 aromatic carbocycles. The van der Waals surface area contributed by atoms with Crippen LogP contribution >= 0.6 is 0 Å². The number of piperidine rings is 1. The molecule has 0 atom stereocenters. The zero-order valence-electron chi connectivity index (χ0n) is 16.3. The van der Waals surface area contributed by atoms with Gasteiger partial charge in [0.05, 0.1) is 6.54 Å². The molecule has 1 amide bonds. The summed E-state index contributed by atoms with van der Waals surface area (Å²) in [5.41, 5.74) is 0.541. The number of carbonyl (C=O) groups excluding carboxylic acids is 1. The van der Waals surface area contributed by atoms with Gasteiger partial charge in [-0.25, -0.2) is 0 Å². The van der Waals surface area contributed by atoms with Crippen LogP contribution in [0.15, 0.2) is 0 Å². The fourth-order valence-electron chi connectivity index (χ4n) is 4.91. The van der Waals surface area contributed by atoms with E-state index < -0.39 is 0 Å². The summed E-state index contributed by atoms with van der Waals surface area (Å²) in [5, 5.41) is 0. The van der Waals surface area contributed by atoms with Crippen molar-refractivity contribution in [2.45, 2.75) is 71.9 Å². The largest absolute Gasteiger partial charge is 0.337 e. The van der Waals surface area contributed by atoms with Gasteiger partial charge in [-0.15, -0.1) is 0 Å². The first kappa shape index (κ1) is 18.2. The monoisotopic (exact) mass is 335 g/mol. The maximum Gasteiger partial charge on any atom is 0.237 e. The lowest BCUT2D eigenvalue weighted by atomic mass is 9.93. The molecule has 0 bridgehead atoms. The Morgan fingerprint density at radius 2 is 1.71 bits per heavy atom. The molecule has 2 heterocycles. The minimum absolute atomic E-state index is 0.379. The Balaban J connectivity index is 1.47. The van der Waals surface area contributed by atoms with E-state index in [9.17, 15) is 4.79 Å². The van der Waals surface area contributed by atoms with Crippen LogP contribution in [0.4, 0.5) is 0 Å². The van der Waals surface area contributed by atoms with Gasteiger partial charge in [0.1, 0.15) is 0 Å². The van der Waals surface area contributed by atoms with Crippen molar-refractivity contribution >= 4 is 5.91 Å². The Hall–Kier alpha value is -0.610. The second kappa shape index (κ2) is 7.33. The van der Waals surface area contributed by atoms with Crippen molar-refractivity contribution in [1.82, 2.24) is 14.7 Å². The quantitative estimate of drug-likeness (QED) is 0.747. The summed E-state index contributed by atoms with van der Waals surface area (Å²) in [6.07, 6.45) is 6.37. The predicted octanol–water partition coefficient (Wildman–Crippen LogP) is 2.83. The SMILES string of the molecule is CC(C)CC1(CN2CCN(C3CCN(C(C)C)CC3)C(=O)C2)CC1. The van der Waals surface area contributed by atoms with Crippen molar-refractivity contribution < 1.29 is 4.79 Å². The molecule has 3 rings (SSSR count). The normalized spacial score (nSPS) is 26.6. The van der Waals surface area contributed by atoms with Crippen molar-refractivity contribution in [3.8, 4) is 0 Å². The fourth-order valence-corrected chi connectivity index (χ4v) is 4.91. The lowest BCUT2D eigenvalue weighted by Crippen LogP contribution is -2.57. The maximum absolute atomic E-state index is 12.7. The summed E-state index contributed by atoms with van der Waals surface area (Å²) in [4.78, 5) is 19.9. The molecule has 4 nitrogen and oxygen atoms in total. The molecule has 2 aliphatic heterocycles. The van der Waals surface area contributed by atoms with Gasteiger partial charge in [-0.05, 0) is 57.3 Å². The van der Waals surface area contributed by atoms with E-state index in [2.05, 4.69) is 42.4 Å². The number of piperazine rings is 1. The highest BCUT2D eigenvalue weighted by Crippen LogP contribution is 2.51. The second-order valence-electron chi connectivity index (χ2n) is 9.26. The molecule has 0 aromatic heterocycles. The smallest absolute Gasteiger partial charge is 0.237 e. The molecule has 0 N–H and O–H groups in total. The second-order valence-corrected chi connectivity index (χ2v) is 9.26. The van der Waals surface area contributed by atoms with Gasteiger partial charge in [-0.2, -0.15) is 0 Å². The summed E-state index contributed by atoms with van der Waals surface area (Å²) in [6.45, 7) is 15.3. The molecule has 0 spiro atoms. The zero-order valence-corrected chi connectivity index (χ0v) is 16.3. The van der Waals surface area contributed by atoms with Gasteiger partial charge in [0, 0.05) is 44.8 Å². The Morgan fingerprint density at radius 3 is 2.21 bits per heavy atom. The summed E-state index contributed by atoms with van der Waals surface area (Å²) in [7, 11) is 0. The van der Waals surface area contributed by atoms with Crippen LogP contribution in [0.2, 0.25) is 0 Å². The zero-order chi connectivity index (χ0) is 17.3. The van der Waals surface area contributed by atoms with Gasteiger partial charge >= 0.3 is 0 Å². The fraction of sp³-hybridized carbons (Fsp3) is 0.950. The standard InChI is InChI=1S/C20H37N3O/c1-16(2)13-20(7-8-20)15-21-11-12-23(19(24)14-21)18-5-9-22(10-6-18)17(3)4/h16-18H,5-15H2,1-4H3. The minimum atomic E-state index is 0.379. The van der Waals surface area contributed by atoms with E-state index in [0.29, 0.717) is 30.0 Å². The number of carbonyl (C=O) groups is 1. The van der Waals surface area contributed by atoms with Crippen LogP contribution in [0.5, 0.6) is 0 Å². The number of rotatable bonds is 6.